The molecule has 2 N–H and O–H groups in total. The van der Waals surface area contributed by atoms with Crippen molar-refractivity contribution in [2.75, 3.05) is 12.3 Å². The fourth-order valence-electron chi connectivity index (χ4n) is 0.201. The van der Waals surface area contributed by atoms with Gasteiger partial charge in [0.25, 0.3) is 0 Å². The van der Waals surface area contributed by atoms with Gasteiger partial charge in [0, 0.05) is 5.75 Å². The van der Waals surface area contributed by atoms with Gasteiger partial charge in [-0.2, -0.15) is 0 Å². The van der Waals surface area contributed by atoms with Crippen molar-refractivity contribution in [3.63, 3.8) is 0 Å². The van der Waals surface area contributed by atoms with Crippen molar-refractivity contribution in [2.45, 2.75) is 6.42 Å². The molecule has 8 heavy (non-hydrogen) atoms. The van der Waals surface area contributed by atoms with Crippen LogP contribution in [-0.4, -0.2) is 21.1 Å². The van der Waals surface area contributed by atoms with E-state index in [1.807, 2.05) is 0 Å². The molecule has 1 unspecified atom stereocenters. The molecule has 0 saturated carbocycles. The van der Waals surface area contributed by atoms with E-state index in [1.165, 1.54) is 0 Å². The average molecular weight is 145 g/mol. The summed E-state index contributed by atoms with van der Waals surface area (Å²) in [4.78, 5) is 0. The Bertz CT molecular complexity index is 70.3. The van der Waals surface area contributed by atoms with Gasteiger partial charge in [0.15, 0.2) is 0 Å². The van der Waals surface area contributed by atoms with Crippen LogP contribution in [0.1, 0.15) is 6.42 Å². The van der Waals surface area contributed by atoms with Gasteiger partial charge in [-0.15, -0.1) is 0 Å². The maximum Gasteiger partial charge on any atom is 1.00 e. The van der Waals surface area contributed by atoms with E-state index in [4.69, 9.17) is 5.73 Å². The summed E-state index contributed by atoms with van der Waals surface area (Å²) in [7, 11) is 0. The molecule has 0 amide bonds. The fourth-order valence-corrected chi connectivity index (χ4v) is 0.604. The second-order valence-corrected chi connectivity index (χ2v) is 2.17. The Morgan fingerprint density at radius 2 is 2.12 bits per heavy atom. The van der Waals surface area contributed by atoms with Crippen LogP contribution in [0.3, 0.4) is 0 Å². The van der Waals surface area contributed by atoms with Crippen LogP contribution in [0.15, 0.2) is 0 Å². The van der Waals surface area contributed by atoms with Gasteiger partial charge in [-0.1, -0.05) is 11.1 Å². The molecule has 0 aliphatic carbocycles. The zero-order valence-electron chi connectivity index (χ0n) is 4.92. The summed E-state index contributed by atoms with van der Waals surface area (Å²) in [5.74, 6) is 0.191. The van der Waals surface area contributed by atoms with Gasteiger partial charge in [-0.05, 0) is 13.0 Å². The average Bonchev–Trinajstić information content (AvgIpc) is 1.61. The van der Waals surface area contributed by atoms with Gasteiger partial charge < -0.3 is 10.3 Å². The summed E-state index contributed by atoms with van der Waals surface area (Å²) in [6.07, 6.45) is 0.566. The topological polar surface area (TPSA) is 66.2 Å². The van der Waals surface area contributed by atoms with E-state index in [0.29, 0.717) is 13.0 Å². The molecule has 5 heteroatoms. The van der Waals surface area contributed by atoms with Crippen LogP contribution in [0.5, 0.6) is 0 Å². The standard InChI is InChI=1S/C3H9NO2S.Na/c4-2-1-3-7(5)6;/h1-4H2,(H,5,6);/q;+1/p-1. The number of rotatable bonds is 3. The van der Waals surface area contributed by atoms with E-state index in [-0.39, 0.29) is 35.3 Å². The normalized spacial score (nSPS) is 12.2. The van der Waals surface area contributed by atoms with Crippen LogP contribution in [0, 0.1) is 0 Å². The van der Waals surface area contributed by atoms with E-state index in [2.05, 4.69) is 0 Å². The molecule has 0 aromatic heterocycles. The summed E-state index contributed by atoms with van der Waals surface area (Å²) in [6, 6.07) is 0. The first-order valence-electron chi connectivity index (χ1n) is 2.03. The van der Waals surface area contributed by atoms with Gasteiger partial charge in [0.1, 0.15) is 0 Å². The van der Waals surface area contributed by atoms with Crippen LogP contribution in [-0.2, 0) is 11.1 Å². The summed E-state index contributed by atoms with van der Waals surface area (Å²) in [5.41, 5.74) is 5.00. The summed E-state index contributed by atoms with van der Waals surface area (Å²) in [5, 5.41) is 0. The van der Waals surface area contributed by atoms with Crippen LogP contribution < -0.4 is 35.3 Å². The Morgan fingerprint density at radius 3 is 2.25 bits per heavy atom. The molecule has 0 radical (unpaired) electrons. The van der Waals surface area contributed by atoms with E-state index in [1.54, 1.807) is 0 Å². The van der Waals surface area contributed by atoms with Crippen LogP contribution in [0.2, 0.25) is 0 Å². The molecule has 0 rings (SSSR count). The van der Waals surface area contributed by atoms with Crippen molar-refractivity contribution < 1.29 is 38.3 Å². The predicted octanol–water partition coefficient (Wildman–Crippen LogP) is -3.78. The maximum atomic E-state index is 9.70. The van der Waals surface area contributed by atoms with E-state index in [9.17, 15) is 8.76 Å². The molecular weight excluding hydrogens is 137 g/mol. The quantitative estimate of drug-likeness (QED) is 0.327. The number of nitrogens with two attached hydrogens (primary N) is 1. The SMILES string of the molecule is NCCCS(=O)[O-].[Na+]. The molecule has 3 nitrogen and oxygen atoms in total. The van der Waals surface area contributed by atoms with Crippen molar-refractivity contribution in [1.29, 1.82) is 0 Å². The minimum absolute atomic E-state index is 0. The van der Waals surface area contributed by atoms with Gasteiger partial charge >= 0.3 is 29.6 Å². The number of hydrogen-bond donors (Lipinski definition) is 1. The first kappa shape index (κ1) is 11.8. The van der Waals surface area contributed by atoms with Crippen LogP contribution in [0.25, 0.3) is 0 Å². The summed E-state index contributed by atoms with van der Waals surface area (Å²) in [6.45, 7) is 0.452. The Balaban J connectivity index is 0. The van der Waals surface area contributed by atoms with E-state index < -0.39 is 11.1 Å². The second kappa shape index (κ2) is 8.07. The molecule has 0 spiro atoms. The third-order valence-corrected chi connectivity index (χ3v) is 1.14. The van der Waals surface area contributed by atoms with Crippen molar-refractivity contribution in [1.82, 2.24) is 0 Å². The minimum Gasteiger partial charge on any atom is -0.772 e. The van der Waals surface area contributed by atoms with E-state index >= 15 is 0 Å². The Kier molecular flexibility index (Phi) is 11.9. The van der Waals surface area contributed by atoms with E-state index in [0.717, 1.165) is 0 Å². The second-order valence-electron chi connectivity index (χ2n) is 1.15. The first-order chi connectivity index (χ1) is 3.27. The predicted molar refractivity (Wildman–Crippen MR) is 27.5 cm³/mol. The first-order valence-corrected chi connectivity index (χ1v) is 3.27. The molecule has 0 aliphatic rings. The molecular formula is C3H8NNaO2S. The fraction of sp³-hybridized carbons (Fsp3) is 1.00. The van der Waals surface area contributed by atoms with Gasteiger partial charge in [-0.25, -0.2) is 0 Å². The molecule has 44 valence electrons. The molecule has 0 aromatic rings. The third kappa shape index (κ3) is 10.1. The Hall–Kier alpha value is 1.07. The monoisotopic (exact) mass is 145 g/mol. The van der Waals surface area contributed by atoms with Gasteiger partial charge in [0.05, 0.1) is 0 Å². The van der Waals surface area contributed by atoms with Crippen LogP contribution >= 0.6 is 0 Å². The van der Waals surface area contributed by atoms with Crippen molar-refractivity contribution in [3.05, 3.63) is 0 Å². The Morgan fingerprint density at radius 1 is 1.62 bits per heavy atom. The van der Waals surface area contributed by atoms with Crippen molar-refractivity contribution in [3.8, 4) is 0 Å². The molecule has 0 fully saturated rings. The van der Waals surface area contributed by atoms with Gasteiger partial charge in [0.2, 0.25) is 0 Å². The molecule has 0 aliphatic heterocycles. The Labute approximate surface area is 73.6 Å². The largest absolute Gasteiger partial charge is 1.00 e. The zero-order valence-corrected chi connectivity index (χ0v) is 7.74. The summed E-state index contributed by atoms with van der Waals surface area (Å²) < 4.78 is 19.4. The number of hydrogen-bond acceptors (Lipinski definition) is 3. The molecule has 1 atom stereocenters. The van der Waals surface area contributed by atoms with Crippen molar-refractivity contribution in [2.24, 2.45) is 5.73 Å². The molecule has 0 saturated heterocycles. The minimum atomic E-state index is -1.90. The maximum absolute atomic E-state index is 9.70. The molecule has 0 aromatic carbocycles. The van der Waals surface area contributed by atoms with Gasteiger partial charge in [-0.3, -0.25) is 4.21 Å². The smallest absolute Gasteiger partial charge is 0.772 e. The van der Waals surface area contributed by atoms with Crippen LogP contribution in [0.4, 0.5) is 0 Å². The summed E-state index contributed by atoms with van der Waals surface area (Å²) >= 11 is -1.90. The third-order valence-electron chi connectivity index (χ3n) is 0.515. The zero-order chi connectivity index (χ0) is 5.70. The molecule has 0 bridgehead atoms. The van der Waals surface area contributed by atoms with Crippen molar-refractivity contribution >= 4 is 11.1 Å². The molecule has 0 heterocycles.